The van der Waals surface area contributed by atoms with Gasteiger partial charge in [0, 0.05) is 24.6 Å². The number of nitrogens with one attached hydrogen (secondary N) is 2. The van der Waals surface area contributed by atoms with Crippen molar-refractivity contribution in [3.63, 3.8) is 0 Å². The van der Waals surface area contributed by atoms with E-state index in [1.54, 1.807) is 24.5 Å². The van der Waals surface area contributed by atoms with Crippen molar-refractivity contribution >= 4 is 29.0 Å². The van der Waals surface area contributed by atoms with Gasteiger partial charge in [0.15, 0.2) is 5.82 Å². The Bertz CT molecular complexity index is 645. The van der Waals surface area contributed by atoms with Gasteiger partial charge >= 0.3 is 0 Å². The predicted molar refractivity (Wildman–Crippen MR) is 85.0 cm³/mol. The summed E-state index contributed by atoms with van der Waals surface area (Å²) in [5.74, 6) is 0.0490. The molecule has 0 bridgehead atoms. The quantitative estimate of drug-likeness (QED) is 0.887. The van der Waals surface area contributed by atoms with Crippen LogP contribution in [0.15, 0.2) is 30.6 Å². The molecule has 21 heavy (non-hydrogen) atoms. The van der Waals surface area contributed by atoms with Crippen LogP contribution in [-0.2, 0) is 0 Å². The highest BCUT2D eigenvalue weighted by Crippen LogP contribution is 2.21. The Morgan fingerprint density at radius 3 is 2.90 bits per heavy atom. The average molecular weight is 305 g/mol. The first kappa shape index (κ1) is 15.3. The molecule has 1 amide bonds. The largest absolute Gasteiger partial charge is 0.384 e. The second kappa shape index (κ2) is 7.04. The molecule has 0 aromatic carbocycles. The molecule has 0 spiro atoms. The lowest BCUT2D eigenvalue weighted by atomic mass is 10.2. The number of carbonyl (C=O) groups excluding carboxylic acids is 1. The number of aryl methyl sites for hydroxylation is 1. The maximum Gasteiger partial charge on any atom is 0.260 e. The van der Waals surface area contributed by atoms with Gasteiger partial charge in [0.1, 0.15) is 0 Å². The van der Waals surface area contributed by atoms with Crippen LogP contribution in [0.4, 0.5) is 11.5 Å². The monoisotopic (exact) mass is 304 g/mol. The molecule has 2 aromatic heterocycles. The van der Waals surface area contributed by atoms with Gasteiger partial charge in [-0.15, -0.1) is 0 Å². The van der Waals surface area contributed by atoms with Crippen molar-refractivity contribution in [2.45, 2.75) is 20.3 Å². The fraction of sp³-hybridized carbons (Fsp3) is 0.267. The van der Waals surface area contributed by atoms with E-state index >= 15 is 0 Å². The lowest BCUT2D eigenvalue weighted by Crippen LogP contribution is -2.16. The number of hydrogen-bond donors (Lipinski definition) is 2. The van der Waals surface area contributed by atoms with Crippen LogP contribution in [0, 0.1) is 6.92 Å². The summed E-state index contributed by atoms with van der Waals surface area (Å²) in [5, 5.41) is 6.33. The zero-order valence-corrected chi connectivity index (χ0v) is 12.7. The molecule has 0 aliphatic carbocycles. The number of halogens is 1. The van der Waals surface area contributed by atoms with Gasteiger partial charge in [-0.1, -0.05) is 18.5 Å². The van der Waals surface area contributed by atoms with E-state index < -0.39 is 0 Å². The maximum absolute atomic E-state index is 12.4. The topological polar surface area (TPSA) is 66.9 Å². The SMILES string of the molecule is CCCNc1cc(C)ncc1C(=O)Nc1ncccc1Cl. The van der Waals surface area contributed by atoms with Gasteiger partial charge in [-0.2, -0.15) is 0 Å². The molecular formula is C15H17ClN4O. The van der Waals surface area contributed by atoms with Crippen molar-refractivity contribution in [1.29, 1.82) is 0 Å². The highest BCUT2D eigenvalue weighted by Gasteiger charge is 2.14. The molecule has 0 saturated carbocycles. The van der Waals surface area contributed by atoms with Crippen molar-refractivity contribution in [3.05, 3.63) is 46.9 Å². The van der Waals surface area contributed by atoms with Crippen molar-refractivity contribution in [2.24, 2.45) is 0 Å². The molecule has 2 N–H and O–H groups in total. The Labute approximate surface area is 128 Å². The molecule has 0 aliphatic rings. The van der Waals surface area contributed by atoms with Gasteiger partial charge in [0.25, 0.3) is 5.91 Å². The Morgan fingerprint density at radius 2 is 2.19 bits per heavy atom. The molecule has 0 unspecified atom stereocenters. The van der Waals surface area contributed by atoms with Crippen molar-refractivity contribution in [1.82, 2.24) is 9.97 Å². The summed E-state index contributed by atoms with van der Waals surface area (Å²) >= 11 is 6.00. The van der Waals surface area contributed by atoms with Gasteiger partial charge < -0.3 is 10.6 Å². The molecular weight excluding hydrogens is 288 g/mol. The van der Waals surface area contributed by atoms with E-state index in [1.165, 1.54) is 0 Å². The third kappa shape index (κ3) is 3.92. The first-order valence-corrected chi connectivity index (χ1v) is 7.12. The van der Waals surface area contributed by atoms with Gasteiger partial charge in [0.05, 0.1) is 16.3 Å². The Hall–Kier alpha value is -2.14. The van der Waals surface area contributed by atoms with Crippen LogP contribution in [0.25, 0.3) is 0 Å². The Morgan fingerprint density at radius 1 is 1.38 bits per heavy atom. The summed E-state index contributed by atoms with van der Waals surface area (Å²) in [6.07, 6.45) is 4.10. The lowest BCUT2D eigenvalue weighted by molar-refractivity contribution is 0.102. The van der Waals surface area contributed by atoms with Crippen molar-refractivity contribution in [2.75, 3.05) is 17.2 Å². The van der Waals surface area contributed by atoms with E-state index in [9.17, 15) is 4.79 Å². The van der Waals surface area contributed by atoms with E-state index in [2.05, 4.69) is 27.5 Å². The summed E-state index contributed by atoms with van der Waals surface area (Å²) in [6.45, 7) is 4.73. The lowest BCUT2D eigenvalue weighted by Gasteiger charge is -2.12. The summed E-state index contributed by atoms with van der Waals surface area (Å²) in [5.41, 5.74) is 2.07. The Kier molecular flexibility index (Phi) is 5.11. The number of pyridine rings is 2. The maximum atomic E-state index is 12.4. The number of anilines is 2. The molecule has 0 radical (unpaired) electrons. The minimum Gasteiger partial charge on any atom is -0.384 e. The summed E-state index contributed by atoms with van der Waals surface area (Å²) < 4.78 is 0. The molecule has 2 aromatic rings. The van der Waals surface area contributed by atoms with Crippen LogP contribution in [0.2, 0.25) is 5.02 Å². The number of carbonyl (C=O) groups is 1. The van der Waals surface area contributed by atoms with Crippen LogP contribution in [0.3, 0.4) is 0 Å². The first-order chi connectivity index (χ1) is 10.1. The molecule has 6 heteroatoms. The van der Waals surface area contributed by atoms with Crippen LogP contribution < -0.4 is 10.6 Å². The second-order valence-corrected chi connectivity index (χ2v) is 4.99. The number of aromatic nitrogens is 2. The van der Waals surface area contributed by atoms with E-state index in [0.717, 1.165) is 24.3 Å². The number of hydrogen-bond acceptors (Lipinski definition) is 4. The second-order valence-electron chi connectivity index (χ2n) is 4.59. The average Bonchev–Trinajstić information content (AvgIpc) is 2.47. The fourth-order valence-corrected chi connectivity index (χ4v) is 1.97. The molecule has 0 atom stereocenters. The molecule has 0 fully saturated rings. The summed E-state index contributed by atoms with van der Waals surface area (Å²) in [7, 11) is 0. The molecule has 2 rings (SSSR count). The van der Waals surface area contributed by atoms with Crippen molar-refractivity contribution < 1.29 is 4.79 Å². The van der Waals surface area contributed by atoms with Crippen LogP contribution in [0.1, 0.15) is 29.4 Å². The van der Waals surface area contributed by atoms with Gasteiger partial charge in [0.2, 0.25) is 0 Å². The van der Waals surface area contributed by atoms with E-state index in [4.69, 9.17) is 11.6 Å². The Balaban J connectivity index is 2.24. The van der Waals surface area contributed by atoms with Crippen LogP contribution in [0.5, 0.6) is 0 Å². The molecule has 5 nitrogen and oxygen atoms in total. The third-order valence-corrected chi connectivity index (χ3v) is 3.15. The van der Waals surface area contributed by atoms with Gasteiger partial charge in [-0.25, -0.2) is 4.98 Å². The first-order valence-electron chi connectivity index (χ1n) is 6.74. The summed E-state index contributed by atoms with van der Waals surface area (Å²) in [4.78, 5) is 20.6. The minimum absolute atomic E-state index is 0.290. The zero-order chi connectivity index (χ0) is 15.2. The minimum atomic E-state index is -0.290. The smallest absolute Gasteiger partial charge is 0.260 e. The van der Waals surface area contributed by atoms with Crippen LogP contribution in [-0.4, -0.2) is 22.4 Å². The normalized spacial score (nSPS) is 10.2. The fourth-order valence-electron chi connectivity index (χ4n) is 1.80. The highest BCUT2D eigenvalue weighted by atomic mass is 35.5. The van der Waals surface area contributed by atoms with Gasteiger partial charge in [-0.3, -0.25) is 9.78 Å². The van der Waals surface area contributed by atoms with Gasteiger partial charge in [-0.05, 0) is 31.5 Å². The van der Waals surface area contributed by atoms with E-state index in [-0.39, 0.29) is 5.91 Å². The third-order valence-electron chi connectivity index (χ3n) is 2.84. The predicted octanol–water partition coefficient (Wildman–Crippen LogP) is 3.51. The molecule has 2 heterocycles. The van der Waals surface area contributed by atoms with E-state index in [0.29, 0.717) is 16.4 Å². The molecule has 110 valence electrons. The molecule has 0 aliphatic heterocycles. The number of nitrogens with zero attached hydrogens (tertiary/aromatic N) is 2. The summed E-state index contributed by atoms with van der Waals surface area (Å²) in [6, 6.07) is 5.23. The molecule has 0 saturated heterocycles. The standard InChI is InChI=1S/C15H17ClN4O/c1-3-6-17-13-8-10(2)19-9-11(13)15(21)20-14-12(16)5-4-7-18-14/h4-5,7-9H,3,6H2,1-2H3,(H,17,19)(H,18,20,21). The number of amides is 1. The van der Waals surface area contributed by atoms with Crippen molar-refractivity contribution in [3.8, 4) is 0 Å². The van der Waals surface area contributed by atoms with E-state index in [1.807, 2.05) is 13.0 Å². The highest BCUT2D eigenvalue weighted by molar-refractivity contribution is 6.33. The number of rotatable bonds is 5. The van der Waals surface area contributed by atoms with Crippen LogP contribution >= 0.6 is 11.6 Å². The zero-order valence-electron chi connectivity index (χ0n) is 12.0.